The largest absolute Gasteiger partial charge is 0.507 e. The molecule has 0 bridgehead atoms. The van der Waals surface area contributed by atoms with Crippen LogP contribution in [0.3, 0.4) is 0 Å². The van der Waals surface area contributed by atoms with Crippen molar-refractivity contribution in [1.29, 1.82) is 0 Å². The van der Waals surface area contributed by atoms with Crippen molar-refractivity contribution in [2.45, 2.75) is 30.3 Å². The quantitative estimate of drug-likeness (QED) is 0.323. The second-order valence-corrected chi connectivity index (χ2v) is 12.4. The summed E-state index contributed by atoms with van der Waals surface area (Å²) in [5.41, 5.74) is 2.11. The molecule has 1 aliphatic heterocycles. The Balaban J connectivity index is 1.51. The Hall–Kier alpha value is -3.86. The van der Waals surface area contributed by atoms with Crippen molar-refractivity contribution in [2.75, 3.05) is 12.8 Å². The molecule has 1 atom stereocenters. The maximum Gasteiger partial charge on any atom is 0.326 e. The van der Waals surface area contributed by atoms with E-state index in [9.17, 15) is 33.0 Å². The van der Waals surface area contributed by atoms with E-state index in [4.69, 9.17) is 23.2 Å². The molecular formula is C29H26Cl2N2O7S. The molecule has 0 aromatic heterocycles. The van der Waals surface area contributed by atoms with E-state index < -0.39 is 27.8 Å². The number of rotatable bonds is 8. The number of fused-ring (bicyclic) bond motifs is 1. The Labute approximate surface area is 246 Å². The van der Waals surface area contributed by atoms with E-state index in [-0.39, 0.29) is 45.1 Å². The van der Waals surface area contributed by atoms with Gasteiger partial charge >= 0.3 is 5.97 Å². The standard InChI is InChI=1S/C29H26Cl2N2O7S/c1-41(39,40)20-7-4-5-17(13-20)14-23(29(37)38)32-28(36)26-22(30)15-19-16-33(12-11-21(19)27(26)31)25(35)10-9-18-6-2-3-8-24(18)34/h2-10,13,15,23,34H,11-12,14,16H2,1H3,(H,32,36)(H,37,38)/b10-9+/t23-/m0/s1. The number of carbonyl (C=O) groups excluding carboxylic acids is 2. The van der Waals surface area contributed by atoms with Crippen LogP contribution in [0, 0.1) is 0 Å². The molecule has 2 amide bonds. The van der Waals surface area contributed by atoms with Crippen LogP contribution in [-0.2, 0) is 38.8 Å². The van der Waals surface area contributed by atoms with E-state index >= 15 is 0 Å². The molecule has 1 aliphatic rings. The predicted octanol–water partition coefficient (Wildman–Crippen LogP) is 4.13. The summed E-state index contributed by atoms with van der Waals surface area (Å²) in [5.74, 6) is -2.34. The highest BCUT2D eigenvalue weighted by Gasteiger charge is 2.29. The van der Waals surface area contributed by atoms with Crippen molar-refractivity contribution >= 4 is 56.9 Å². The lowest BCUT2D eigenvalue weighted by Crippen LogP contribution is -2.42. The van der Waals surface area contributed by atoms with Crippen LogP contribution in [-0.4, -0.2) is 60.2 Å². The molecule has 9 nitrogen and oxygen atoms in total. The van der Waals surface area contributed by atoms with E-state index in [0.717, 1.165) is 6.26 Å². The van der Waals surface area contributed by atoms with Crippen LogP contribution in [0.1, 0.15) is 32.6 Å². The van der Waals surface area contributed by atoms with Crippen LogP contribution in [0.2, 0.25) is 10.0 Å². The zero-order chi connectivity index (χ0) is 29.9. The van der Waals surface area contributed by atoms with Gasteiger partial charge in [-0.25, -0.2) is 13.2 Å². The van der Waals surface area contributed by atoms with Gasteiger partial charge in [-0.3, -0.25) is 9.59 Å². The Bertz CT molecular complexity index is 1670. The fraction of sp³-hybridized carbons (Fsp3) is 0.207. The average molecular weight is 618 g/mol. The SMILES string of the molecule is CS(=O)(=O)c1cccc(C[C@H](NC(=O)c2c(Cl)cc3c(c2Cl)CCN(C(=O)/C=C/c2ccccc2O)C3)C(=O)O)c1. The maximum absolute atomic E-state index is 13.2. The fourth-order valence-corrected chi connectivity index (χ4v) is 5.97. The maximum atomic E-state index is 13.2. The molecule has 1 heterocycles. The monoisotopic (exact) mass is 616 g/mol. The zero-order valence-corrected chi connectivity index (χ0v) is 24.1. The summed E-state index contributed by atoms with van der Waals surface area (Å²) in [6.45, 7) is 0.503. The number of phenolic OH excluding ortho intramolecular Hbond substituents is 1. The number of aliphatic carboxylic acids is 1. The van der Waals surface area contributed by atoms with Crippen molar-refractivity contribution in [3.8, 4) is 5.75 Å². The van der Waals surface area contributed by atoms with Crippen LogP contribution in [0.15, 0.2) is 65.6 Å². The van der Waals surface area contributed by atoms with Gasteiger partial charge in [0.25, 0.3) is 5.91 Å². The van der Waals surface area contributed by atoms with E-state index in [1.807, 2.05) is 0 Å². The number of carboxylic acid groups (broad SMARTS) is 1. The minimum Gasteiger partial charge on any atom is -0.507 e. The third-order valence-corrected chi connectivity index (χ3v) is 8.48. The van der Waals surface area contributed by atoms with Gasteiger partial charge in [0.05, 0.1) is 20.5 Å². The van der Waals surface area contributed by atoms with E-state index in [1.54, 1.807) is 29.2 Å². The molecule has 0 fully saturated rings. The van der Waals surface area contributed by atoms with Gasteiger partial charge in [0.2, 0.25) is 5.91 Å². The highest BCUT2D eigenvalue weighted by Crippen LogP contribution is 2.35. The third-order valence-electron chi connectivity index (χ3n) is 6.66. The van der Waals surface area contributed by atoms with Gasteiger partial charge in [0.1, 0.15) is 11.8 Å². The lowest BCUT2D eigenvalue weighted by atomic mass is 9.96. The predicted molar refractivity (Wildman–Crippen MR) is 155 cm³/mol. The van der Waals surface area contributed by atoms with E-state index in [2.05, 4.69) is 5.32 Å². The molecule has 0 radical (unpaired) electrons. The van der Waals surface area contributed by atoms with Gasteiger partial charge in [-0.15, -0.1) is 0 Å². The second kappa shape index (κ2) is 12.3. The first-order valence-electron chi connectivity index (χ1n) is 12.4. The first kappa shape index (κ1) is 30.1. The fourth-order valence-electron chi connectivity index (χ4n) is 4.51. The summed E-state index contributed by atoms with van der Waals surface area (Å²) in [5, 5.41) is 22.2. The number of carbonyl (C=O) groups is 3. The summed E-state index contributed by atoms with van der Waals surface area (Å²) in [4.78, 5) is 39.6. The number of hydrogen-bond donors (Lipinski definition) is 3. The normalized spacial score (nSPS) is 14.0. The number of amides is 2. The lowest BCUT2D eigenvalue weighted by molar-refractivity contribution is -0.139. The number of nitrogens with one attached hydrogen (secondary N) is 1. The molecule has 214 valence electrons. The molecule has 0 saturated carbocycles. The topological polar surface area (TPSA) is 141 Å². The van der Waals surface area contributed by atoms with Gasteiger partial charge < -0.3 is 20.4 Å². The van der Waals surface area contributed by atoms with Crippen LogP contribution in [0.4, 0.5) is 0 Å². The van der Waals surface area contributed by atoms with Crippen LogP contribution in [0.25, 0.3) is 6.08 Å². The van der Waals surface area contributed by atoms with Gasteiger partial charge in [0, 0.05) is 37.4 Å². The van der Waals surface area contributed by atoms with E-state index in [1.165, 1.54) is 42.5 Å². The van der Waals surface area contributed by atoms with Crippen molar-refractivity contribution in [3.63, 3.8) is 0 Å². The van der Waals surface area contributed by atoms with Crippen LogP contribution < -0.4 is 5.32 Å². The Morgan fingerprint density at radius 1 is 1.10 bits per heavy atom. The smallest absolute Gasteiger partial charge is 0.326 e. The molecule has 3 aromatic rings. The first-order valence-corrected chi connectivity index (χ1v) is 15.1. The molecule has 4 rings (SSSR count). The highest BCUT2D eigenvalue weighted by molar-refractivity contribution is 7.90. The molecule has 0 unspecified atom stereocenters. The Kier molecular flexibility index (Phi) is 9.06. The first-order chi connectivity index (χ1) is 19.3. The molecule has 12 heteroatoms. The number of hydrogen-bond acceptors (Lipinski definition) is 6. The van der Waals surface area contributed by atoms with Gasteiger partial charge in [0.15, 0.2) is 9.84 Å². The summed E-state index contributed by atoms with van der Waals surface area (Å²) in [7, 11) is -3.50. The molecule has 0 saturated heterocycles. The summed E-state index contributed by atoms with van der Waals surface area (Å²) in [6.07, 6.45) is 4.10. The Morgan fingerprint density at radius 2 is 1.83 bits per heavy atom. The Morgan fingerprint density at radius 3 is 2.51 bits per heavy atom. The number of halogens is 2. The summed E-state index contributed by atoms with van der Waals surface area (Å²) in [6, 6.07) is 12.6. The van der Waals surface area contributed by atoms with Crippen molar-refractivity contribution < 1.29 is 33.0 Å². The zero-order valence-electron chi connectivity index (χ0n) is 21.8. The summed E-state index contributed by atoms with van der Waals surface area (Å²) < 4.78 is 23.7. The minimum atomic E-state index is -3.50. The van der Waals surface area contributed by atoms with Crippen molar-refractivity contribution in [3.05, 3.63) is 98.5 Å². The van der Waals surface area contributed by atoms with Crippen LogP contribution >= 0.6 is 23.2 Å². The third kappa shape index (κ3) is 7.08. The minimum absolute atomic E-state index is 0.00601. The van der Waals surface area contributed by atoms with Crippen molar-refractivity contribution in [2.24, 2.45) is 0 Å². The molecule has 3 N–H and O–H groups in total. The average Bonchev–Trinajstić information content (AvgIpc) is 2.91. The number of phenols is 1. The summed E-state index contributed by atoms with van der Waals surface area (Å²) >= 11 is 13.0. The van der Waals surface area contributed by atoms with Gasteiger partial charge in [-0.1, -0.05) is 53.5 Å². The molecule has 41 heavy (non-hydrogen) atoms. The second-order valence-electron chi connectivity index (χ2n) is 9.57. The van der Waals surface area contributed by atoms with Gasteiger partial charge in [-0.05, 0) is 53.5 Å². The van der Waals surface area contributed by atoms with Crippen molar-refractivity contribution in [1.82, 2.24) is 10.2 Å². The number of nitrogens with zero attached hydrogens (tertiary/aromatic N) is 1. The number of para-hydroxylation sites is 1. The molecule has 0 aliphatic carbocycles. The molecular weight excluding hydrogens is 591 g/mol. The lowest BCUT2D eigenvalue weighted by Gasteiger charge is -2.29. The molecule has 0 spiro atoms. The number of sulfone groups is 1. The number of carboxylic acids is 1. The number of benzene rings is 3. The van der Waals surface area contributed by atoms with Gasteiger partial charge in [-0.2, -0.15) is 0 Å². The van der Waals surface area contributed by atoms with E-state index in [0.29, 0.717) is 35.2 Å². The number of aromatic hydroxyl groups is 1. The van der Waals surface area contributed by atoms with Crippen LogP contribution in [0.5, 0.6) is 5.75 Å². The highest BCUT2D eigenvalue weighted by atomic mass is 35.5. The molecule has 3 aromatic carbocycles.